The van der Waals surface area contributed by atoms with Crippen LogP contribution in [0.3, 0.4) is 0 Å². The van der Waals surface area contributed by atoms with Gasteiger partial charge in [-0.2, -0.15) is 0 Å². The van der Waals surface area contributed by atoms with Crippen LogP contribution in [0.5, 0.6) is 0 Å². The minimum Gasteiger partial charge on any atom is -0.391 e. The van der Waals surface area contributed by atoms with Crippen molar-refractivity contribution in [3.63, 3.8) is 0 Å². The number of hydrogen-bond donors (Lipinski definition) is 2. The van der Waals surface area contributed by atoms with Crippen molar-refractivity contribution in [1.29, 1.82) is 0 Å². The molecule has 1 fully saturated rings. The van der Waals surface area contributed by atoms with Gasteiger partial charge in [0.15, 0.2) is 0 Å². The van der Waals surface area contributed by atoms with Crippen LogP contribution in [0.25, 0.3) is 0 Å². The van der Waals surface area contributed by atoms with Gasteiger partial charge in [-0.15, -0.1) is 0 Å². The molecular weight excluding hydrogens is 238 g/mol. The van der Waals surface area contributed by atoms with Gasteiger partial charge < -0.3 is 10.4 Å². The molecule has 0 radical (unpaired) electrons. The molecule has 1 amide bonds. The Bertz CT molecular complexity index is 425. The van der Waals surface area contributed by atoms with E-state index >= 15 is 0 Å². The fourth-order valence-corrected chi connectivity index (χ4v) is 2.55. The zero-order valence-electron chi connectivity index (χ0n) is 11.7. The molecule has 0 spiro atoms. The van der Waals surface area contributed by atoms with E-state index in [-0.39, 0.29) is 11.9 Å². The Labute approximate surface area is 115 Å². The first-order chi connectivity index (χ1) is 9.08. The second kappa shape index (κ2) is 6.20. The third kappa shape index (κ3) is 3.57. The van der Waals surface area contributed by atoms with Crippen molar-refractivity contribution in [2.75, 3.05) is 0 Å². The summed E-state index contributed by atoms with van der Waals surface area (Å²) in [5.74, 6) is 0.388. The molecule has 0 aromatic heterocycles. The third-order valence-corrected chi connectivity index (χ3v) is 3.89. The van der Waals surface area contributed by atoms with E-state index in [0.29, 0.717) is 11.5 Å². The molecule has 1 aliphatic rings. The molecule has 1 aromatic carbocycles. The van der Waals surface area contributed by atoms with Gasteiger partial charge in [-0.3, -0.25) is 4.79 Å². The van der Waals surface area contributed by atoms with Gasteiger partial charge in [-0.1, -0.05) is 38.8 Å². The Balaban J connectivity index is 1.99. The van der Waals surface area contributed by atoms with Crippen molar-refractivity contribution in [1.82, 2.24) is 5.32 Å². The van der Waals surface area contributed by atoms with Crippen LogP contribution in [0.2, 0.25) is 0 Å². The average molecular weight is 261 g/mol. The smallest absolute Gasteiger partial charge is 0.251 e. The predicted octanol–water partition coefficient (Wildman–Crippen LogP) is 2.84. The summed E-state index contributed by atoms with van der Waals surface area (Å²) in [7, 11) is 0. The minimum absolute atomic E-state index is 0.0822. The Morgan fingerprint density at radius 3 is 2.42 bits per heavy atom. The monoisotopic (exact) mass is 261 g/mol. The van der Waals surface area contributed by atoms with Crippen LogP contribution in [0.4, 0.5) is 0 Å². The van der Waals surface area contributed by atoms with E-state index in [0.717, 1.165) is 25.7 Å². The topological polar surface area (TPSA) is 49.3 Å². The fraction of sp³-hybridized carbons (Fsp3) is 0.562. The second-order valence-corrected chi connectivity index (χ2v) is 5.71. The number of hydrogen-bond acceptors (Lipinski definition) is 2. The Morgan fingerprint density at radius 1 is 1.21 bits per heavy atom. The lowest BCUT2D eigenvalue weighted by molar-refractivity contribution is 0.0717. The van der Waals surface area contributed by atoms with Crippen molar-refractivity contribution in [3.05, 3.63) is 35.4 Å². The van der Waals surface area contributed by atoms with Crippen molar-refractivity contribution >= 4 is 5.91 Å². The van der Waals surface area contributed by atoms with Gasteiger partial charge in [0.2, 0.25) is 0 Å². The summed E-state index contributed by atoms with van der Waals surface area (Å²) in [5, 5.41) is 12.8. The standard InChI is InChI=1S/C16H23NO2/c1-11(2)12-7-9-13(10-8-12)16(19)17-14-5-3-4-6-15(14)18/h7-11,14-15,18H,3-6H2,1-2H3,(H,17,19)/t14-,15-/m0/s1. The highest BCUT2D eigenvalue weighted by atomic mass is 16.3. The highest BCUT2D eigenvalue weighted by Crippen LogP contribution is 2.19. The zero-order chi connectivity index (χ0) is 13.8. The summed E-state index contributed by atoms with van der Waals surface area (Å²) >= 11 is 0. The summed E-state index contributed by atoms with van der Waals surface area (Å²) in [6.07, 6.45) is 3.40. The van der Waals surface area contributed by atoms with Gasteiger partial charge in [-0.05, 0) is 36.5 Å². The average Bonchev–Trinajstić information content (AvgIpc) is 2.41. The van der Waals surface area contributed by atoms with Gasteiger partial charge in [0.1, 0.15) is 0 Å². The third-order valence-electron chi connectivity index (χ3n) is 3.89. The number of rotatable bonds is 3. The molecule has 0 heterocycles. The van der Waals surface area contributed by atoms with E-state index < -0.39 is 6.10 Å². The molecule has 0 aliphatic heterocycles. The Morgan fingerprint density at radius 2 is 1.84 bits per heavy atom. The van der Waals surface area contributed by atoms with Crippen molar-refractivity contribution in [2.45, 2.75) is 57.6 Å². The van der Waals surface area contributed by atoms with Gasteiger partial charge in [0.05, 0.1) is 12.1 Å². The van der Waals surface area contributed by atoms with Crippen molar-refractivity contribution in [3.8, 4) is 0 Å². The highest BCUT2D eigenvalue weighted by Gasteiger charge is 2.24. The molecule has 2 N–H and O–H groups in total. The molecule has 2 atom stereocenters. The first-order valence-electron chi connectivity index (χ1n) is 7.17. The van der Waals surface area contributed by atoms with E-state index in [4.69, 9.17) is 0 Å². The zero-order valence-corrected chi connectivity index (χ0v) is 11.7. The summed E-state index contributed by atoms with van der Waals surface area (Å²) in [4.78, 5) is 12.1. The van der Waals surface area contributed by atoms with Crippen LogP contribution < -0.4 is 5.32 Å². The van der Waals surface area contributed by atoms with Crippen molar-refractivity contribution < 1.29 is 9.90 Å². The number of nitrogens with one attached hydrogen (secondary N) is 1. The van der Waals surface area contributed by atoms with Gasteiger partial charge in [-0.25, -0.2) is 0 Å². The van der Waals surface area contributed by atoms with E-state index in [1.165, 1.54) is 5.56 Å². The number of carbonyl (C=O) groups is 1. The second-order valence-electron chi connectivity index (χ2n) is 5.71. The lowest BCUT2D eigenvalue weighted by Crippen LogP contribution is -2.45. The van der Waals surface area contributed by atoms with E-state index in [1.807, 2.05) is 24.3 Å². The molecule has 1 aromatic rings. The molecule has 19 heavy (non-hydrogen) atoms. The SMILES string of the molecule is CC(C)c1ccc(C(=O)N[C@H]2CCCC[C@@H]2O)cc1. The first-order valence-corrected chi connectivity index (χ1v) is 7.17. The van der Waals surface area contributed by atoms with Crippen molar-refractivity contribution in [2.24, 2.45) is 0 Å². The maximum atomic E-state index is 12.1. The molecule has 1 aliphatic carbocycles. The summed E-state index contributed by atoms with van der Waals surface area (Å²) in [6, 6.07) is 7.62. The normalized spacial score (nSPS) is 23.4. The predicted molar refractivity (Wildman–Crippen MR) is 76.3 cm³/mol. The molecule has 1 saturated carbocycles. The van der Waals surface area contributed by atoms with Crippen LogP contribution >= 0.6 is 0 Å². The van der Waals surface area contributed by atoms with Crippen LogP contribution in [-0.2, 0) is 0 Å². The molecule has 0 saturated heterocycles. The van der Waals surface area contributed by atoms with Crippen LogP contribution in [0.15, 0.2) is 24.3 Å². The number of aliphatic hydroxyl groups excluding tert-OH is 1. The summed E-state index contributed by atoms with van der Waals surface area (Å²) in [6.45, 7) is 4.26. The largest absolute Gasteiger partial charge is 0.391 e. The molecule has 0 unspecified atom stereocenters. The maximum Gasteiger partial charge on any atom is 0.251 e. The molecule has 104 valence electrons. The lowest BCUT2D eigenvalue weighted by Gasteiger charge is -2.28. The molecule has 3 heteroatoms. The molecule has 0 bridgehead atoms. The highest BCUT2D eigenvalue weighted by molar-refractivity contribution is 5.94. The number of amides is 1. The van der Waals surface area contributed by atoms with E-state index in [2.05, 4.69) is 19.2 Å². The minimum atomic E-state index is -0.396. The lowest BCUT2D eigenvalue weighted by atomic mass is 9.92. The fourth-order valence-electron chi connectivity index (χ4n) is 2.55. The van der Waals surface area contributed by atoms with Gasteiger partial charge >= 0.3 is 0 Å². The Hall–Kier alpha value is -1.35. The maximum absolute atomic E-state index is 12.1. The number of aliphatic hydroxyl groups is 1. The first kappa shape index (κ1) is 14.1. The van der Waals surface area contributed by atoms with Crippen LogP contribution in [0, 0.1) is 0 Å². The summed E-state index contributed by atoms with van der Waals surface area (Å²) < 4.78 is 0. The number of benzene rings is 1. The number of carbonyl (C=O) groups excluding carboxylic acids is 1. The quantitative estimate of drug-likeness (QED) is 0.879. The van der Waals surface area contributed by atoms with E-state index in [9.17, 15) is 9.90 Å². The van der Waals surface area contributed by atoms with E-state index in [1.54, 1.807) is 0 Å². The molecular formula is C16H23NO2. The summed E-state index contributed by atoms with van der Waals surface area (Å²) in [5.41, 5.74) is 1.90. The molecule has 3 nitrogen and oxygen atoms in total. The van der Waals surface area contributed by atoms with Crippen LogP contribution in [0.1, 0.15) is 61.4 Å². The van der Waals surface area contributed by atoms with Gasteiger partial charge in [0.25, 0.3) is 5.91 Å². The Kier molecular flexibility index (Phi) is 4.59. The van der Waals surface area contributed by atoms with Crippen LogP contribution in [-0.4, -0.2) is 23.2 Å². The van der Waals surface area contributed by atoms with Gasteiger partial charge in [0, 0.05) is 5.56 Å². The molecule has 2 rings (SSSR count).